The zero-order chi connectivity index (χ0) is 15.4. The van der Waals surface area contributed by atoms with Crippen LogP contribution in [0.15, 0.2) is 12.3 Å². The van der Waals surface area contributed by atoms with Crippen LogP contribution in [0, 0.1) is 18.8 Å². The average Bonchev–Trinajstić information content (AvgIpc) is 3.15. The highest BCUT2D eigenvalue weighted by Gasteiger charge is 2.42. The Bertz CT molecular complexity index is 762. The van der Waals surface area contributed by atoms with E-state index in [0.29, 0.717) is 17.4 Å². The lowest BCUT2D eigenvalue weighted by atomic mass is 9.98. The van der Waals surface area contributed by atoms with Gasteiger partial charge in [0.15, 0.2) is 5.65 Å². The highest BCUT2D eigenvalue weighted by molar-refractivity contribution is 5.97. The molecular formula is C16H23Cl2N5O. The van der Waals surface area contributed by atoms with Crippen LogP contribution in [-0.4, -0.2) is 44.7 Å². The first-order valence-electron chi connectivity index (χ1n) is 7.89. The Morgan fingerprint density at radius 2 is 2.04 bits per heavy atom. The molecule has 0 spiro atoms. The van der Waals surface area contributed by atoms with Crippen molar-refractivity contribution >= 4 is 41.8 Å². The third kappa shape index (κ3) is 2.87. The second-order valence-electron chi connectivity index (χ2n) is 6.68. The number of hydrogen-bond acceptors (Lipinski definition) is 4. The largest absolute Gasteiger partial charge is 0.338 e. The Labute approximate surface area is 153 Å². The van der Waals surface area contributed by atoms with Gasteiger partial charge in [-0.3, -0.25) is 9.48 Å². The quantitative estimate of drug-likeness (QED) is 0.830. The van der Waals surface area contributed by atoms with Gasteiger partial charge in [0.25, 0.3) is 5.91 Å². The fourth-order valence-corrected chi connectivity index (χ4v) is 4.08. The molecule has 2 aromatic rings. The van der Waals surface area contributed by atoms with E-state index in [1.165, 1.54) is 0 Å². The monoisotopic (exact) mass is 371 g/mol. The topological polar surface area (TPSA) is 77.0 Å². The van der Waals surface area contributed by atoms with E-state index in [0.717, 1.165) is 42.7 Å². The first kappa shape index (κ1) is 19.0. The molecule has 3 heterocycles. The number of nitrogens with zero attached hydrogens (tertiary/aromatic N) is 4. The summed E-state index contributed by atoms with van der Waals surface area (Å²) in [6, 6.07) is 2.17. The minimum atomic E-state index is 0. The number of fused-ring (bicyclic) bond motifs is 2. The maximum absolute atomic E-state index is 12.8. The number of hydrogen-bond donors (Lipinski definition) is 1. The lowest BCUT2D eigenvalue weighted by molar-refractivity contribution is 0.0779. The van der Waals surface area contributed by atoms with E-state index >= 15 is 0 Å². The number of likely N-dealkylation sites (tertiary alicyclic amines) is 1. The van der Waals surface area contributed by atoms with E-state index in [4.69, 9.17) is 5.73 Å². The van der Waals surface area contributed by atoms with E-state index in [9.17, 15) is 4.79 Å². The first-order chi connectivity index (χ1) is 10.5. The van der Waals surface area contributed by atoms with Gasteiger partial charge in [-0.25, -0.2) is 4.98 Å². The zero-order valence-electron chi connectivity index (χ0n) is 13.8. The number of aromatic nitrogens is 3. The van der Waals surface area contributed by atoms with Crippen molar-refractivity contribution in [2.45, 2.75) is 25.8 Å². The van der Waals surface area contributed by atoms with E-state index in [1.807, 2.05) is 24.9 Å². The number of amides is 1. The summed E-state index contributed by atoms with van der Waals surface area (Å²) in [5.41, 5.74) is 8.52. The molecule has 2 aliphatic rings. The molecule has 0 radical (unpaired) electrons. The molecule has 8 heteroatoms. The number of carbonyl (C=O) groups excluding carboxylic acids is 1. The van der Waals surface area contributed by atoms with Gasteiger partial charge in [0.1, 0.15) is 0 Å². The molecule has 2 aromatic heterocycles. The average molecular weight is 372 g/mol. The maximum atomic E-state index is 12.8. The number of pyridine rings is 1. The van der Waals surface area contributed by atoms with Crippen molar-refractivity contribution in [3.8, 4) is 0 Å². The predicted octanol–water partition coefficient (Wildman–Crippen LogP) is 1.93. The molecule has 132 valence electrons. The van der Waals surface area contributed by atoms with Gasteiger partial charge in [0, 0.05) is 37.8 Å². The van der Waals surface area contributed by atoms with Crippen molar-refractivity contribution in [2.75, 3.05) is 13.1 Å². The summed E-state index contributed by atoms with van der Waals surface area (Å²) < 4.78 is 1.75. The summed E-state index contributed by atoms with van der Waals surface area (Å²) in [7, 11) is 1.87. The van der Waals surface area contributed by atoms with Gasteiger partial charge in [-0.2, -0.15) is 5.10 Å². The molecule has 1 aliphatic carbocycles. The maximum Gasteiger partial charge on any atom is 0.255 e. The minimum Gasteiger partial charge on any atom is -0.338 e. The second-order valence-corrected chi connectivity index (χ2v) is 6.68. The van der Waals surface area contributed by atoms with Crippen molar-refractivity contribution in [3.63, 3.8) is 0 Å². The zero-order valence-corrected chi connectivity index (χ0v) is 15.4. The predicted molar refractivity (Wildman–Crippen MR) is 97.8 cm³/mol. The molecule has 4 rings (SSSR count). The Kier molecular flexibility index (Phi) is 5.42. The highest BCUT2D eigenvalue weighted by Crippen LogP contribution is 2.37. The fourth-order valence-electron chi connectivity index (χ4n) is 4.08. The normalized spacial score (nSPS) is 25.3. The highest BCUT2D eigenvalue weighted by atomic mass is 35.5. The first-order valence-corrected chi connectivity index (χ1v) is 7.89. The summed E-state index contributed by atoms with van der Waals surface area (Å²) in [6.07, 6.45) is 3.91. The van der Waals surface area contributed by atoms with Gasteiger partial charge in [-0.05, 0) is 37.7 Å². The van der Waals surface area contributed by atoms with Gasteiger partial charge >= 0.3 is 0 Å². The molecular weight excluding hydrogens is 349 g/mol. The number of carbonyl (C=O) groups is 1. The van der Waals surface area contributed by atoms with Crippen LogP contribution in [0.3, 0.4) is 0 Å². The Hall–Kier alpha value is -1.37. The van der Waals surface area contributed by atoms with Gasteiger partial charge in [0.2, 0.25) is 0 Å². The van der Waals surface area contributed by atoms with Gasteiger partial charge in [0.05, 0.1) is 11.3 Å². The standard InChI is InChI=1S/C16H21N5O.2ClH/c1-9-12-5-11(6-18-15(12)20(2)19-9)16(22)21-7-10-3-4-14(17)13(10)8-21;;/h5-6,10,13-14H,3-4,7-8,17H2,1-2H3;2*1H. The van der Waals surface area contributed by atoms with E-state index in [2.05, 4.69) is 10.1 Å². The molecule has 24 heavy (non-hydrogen) atoms. The van der Waals surface area contributed by atoms with Crippen LogP contribution >= 0.6 is 24.8 Å². The minimum absolute atomic E-state index is 0. The Morgan fingerprint density at radius 1 is 1.29 bits per heavy atom. The molecule has 0 bridgehead atoms. The number of aryl methyl sites for hydroxylation is 2. The third-order valence-electron chi connectivity index (χ3n) is 5.31. The SMILES string of the molecule is Cc1nn(C)c2ncc(C(=O)N3CC4CCC(N)C4C3)cc12.Cl.Cl. The molecule has 0 aromatic carbocycles. The van der Waals surface area contributed by atoms with Crippen LogP contribution in [0.5, 0.6) is 0 Å². The Balaban J connectivity index is 0.00000104. The summed E-state index contributed by atoms with van der Waals surface area (Å²) >= 11 is 0. The van der Waals surface area contributed by atoms with Crippen molar-refractivity contribution < 1.29 is 4.79 Å². The molecule has 1 amide bonds. The third-order valence-corrected chi connectivity index (χ3v) is 5.31. The van der Waals surface area contributed by atoms with Crippen molar-refractivity contribution in [1.82, 2.24) is 19.7 Å². The molecule has 3 unspecified atom stereocenters. The van der Waals surface area contributed by atoms with E-state index in [-0.39, 0.29) is 36.8 Å². The van der Waals surface area contributed by atoms with Crippen LogP contribution in [-0.2, 0) is 7.05 Å². The van der Waals surface area contributed by atoms with Crippen LogP contribution in [0.2, 0.25) is 0 Å². The summed E-state index contributed by atoms with van der Waals surface area (Å²) in [5, 5.41) is 5.31. The molecule has 2 N–H and O–H groups in total. The molecule has 6 nitrogen and oxygen atoms in total. The van der Waals surface area contributed by atoms with E-state index < -0.39 is 0 Å². The number of halogens is 2. The molecule has 2 fully saturated rings. The van der Waals surface area contributed by atoms with Crippen molar-refractivity contribution in [2.24, 2.45) is 24.6 Å². The number of rotatable bonds is 1. The summed E-state index contributed by atoms with van der Waals surface area (Å²) in [5.74, 6) is 1.12. The molecule has 1 saturated heterocycles. The van der Waals surface area contributed by atoms with Gasteiger partial charge in [-0.15, -0.1) is 24.8 Å². The second kappa shape index (κ2) is 6.86. The molecule has 1 aliphatic heterocycles. The van der Waals surface area contributed by atoms with Crippen molar-refractivity contribution in [1.29, 1.82) is 0 Å². The van der Waals surface area contributed by atoms with Crippen LogP contribution in [0.25, 0.3) is 11.0 Å². The van der Waals surface area contributed by atoms with Gasteiger partial charge < -0.3 is 10.6 Å². The Morgan fingerprint density at radius 3 is 2.75 bits per heavy atom. The van der Waals surface area contributed by atoms with Gasteiger partial charge in [-0.1, -0.05) is 0 Å². The lowest BCUT2D eigenvalue weighted by Crippen LogP contribution is -2.33. The van der Waals surface area contributed by atoms with Crippen LogP contribution < -0.4 is 5.73 Å². The smallest absolute Gasteiger partial charge is 0.255 e. The fraction of sp³-hybridized carbons (Fsp3) is 0.562. The van der Waals surface area contributed by atoms with Crippen LogP contribution in [0.4, 0.5) is 0 Å². The summed E-state index contributed by atoms with van der Waals surface area (Å²) in [6.45, 7) is 3.56. The summed E-state index contributed by atoms with van der Waals surface area (Å²) in [4.78, 5) is 19.1. The van der Waals surface area contributed by atoms with Crippen LogP contribution in [0.1, 0.15) is 28.9 Å². The van der Waals surface area contributed by atoms with Crippen molar-refractivity contribution in [3.05, 3.63) is 23.5 Å². The molecule has 1 saturated carbocycles. The lowest BCUT2D eigenvalue weighted by Gasteiger charge is -2.18. The van der Waals surface area contributed by atoms with E-state index in [1.54, 1.807) is 10.9 Å². The number of nitrogens with two attached hydrogens (primary N) is 1. The molecule has 3 atom stereocenters.